The normalized spacial score (nSPS) is 10.6. The van der Waals surface area contributed by atoms with Crippen LogP contribution in [0.3, 0.4) is 0 Å². The lowest BCUT2D eigenvalue weighted by Crippen LogP contribution is -2.11. The van der Waals surface area contributed by atoms with Crippen molar-refractivity contribution in [2.75, 3.05) is 5.32 Å². The molecule has 1 N–H and O–H groups in total. The summed E-state index contributed by atoms with van der Waals surface area (Å²) >= 11 is 5.86. The highest BCUT2D eigenvalue weighted by atomic mass is 35.5. The summed E-state index contributed by atoms with van der Waals surface area (Å²) in [4.78, 5) is 12.4. The van der Waals surface area contributed by atoms with Crippen LogP contribution in [0.4, 0.5) is 5.69 Å². The average Bonchev–Trinajstić information content (AvgIpc) is 3.20. The van der Waals surface area contributed by atoms with E-state index < -0.39 is 0 Å². The minimum atomic E-state index is -0.209. The van der Waals surface area contributed by atoms with Crippen molar-refractivity contribution < 1.29 is 9.21 Å². The summed E-state index contributed by atoms with van der Waals surface area (Å²) in [6.45, 7) is 2.02. The van der Waals surface area contributed by atoms with Crippen LogP contribution in [-0.2, 0) is 0 Å². The number of hydrogen-bond acceptors (Lipinski definition) is 4. The van der Waals surface area contributed by atoms with Gasteiger partial charge in [0.05, 0.1) is 0 Å². The minimum absolute atomic E-state index is 0.209. The average molecular weight is 390 g/mol. The van der Waals surface area contributed by atoms with Gasteiger partial charge in [-0.05, 0) is 67.6 Å². The van der Waals surface area contributed by atoms with Crippen LogP contribution in [0.25, 0.3) is 22.9 Å². The Morgan fingerprint density at radius 2 is 1.36 bits per heavy atom. The van der Waals surface area contributed by atoms with Gasteiger partial charge in [0.15, 0.2) is 0 Å². The molecule has 5 nitrogen and oxygen atoms in total. The van der Waals surface area contributed by atoms with Crippen LogP contribution in [0.5, 0.6) is 0 Å². The molecule has 0 saturated heterocycles. The summed E-state index contributed by atoms with van der Waals surface area (Å²) in [5.41, 5.74) is 3.98. The second-order valence-electron chi connectivity index (χ2n) is 6.32. The number of carbonyl (C=O) groups is 1. The predicted octanol–water partition coefficient (Wildman–Crippen LogP) is 5.62. The molecule has 28 heavy (non-hydrogen) atoms. The maximum Gasteiger partial charge on any atom is 0.255 e. The third-order valence-electron chi connectivity index (χ3n) is 4.22. The Hall–Kier alpha value is -3.44. The number of rotatable bonds is 4. The Kier molecular flexibility index (Phi) is 4.91. The first-order valence-electron chi connectivity index (χ1n) is 8.66. The van der Waals surface area contributed by atoms with Crippen molar-refractivity contribution in [2.24, 2.45) is 0 Å². The lowest BCUT2D eigenvalue weighted by Gasteiger charge is -2.05. The van der Waals surface area contributed by atoms with E-state index in [1.165, 1.54) is 0 Å². The molecule has 138 valence electrons. The van der Waals surface area contributed by atoms with E-state index in [-0.39, 0.29) is 5.91 Å². The summed E-state index contributed by atoms with van der Waals surface area (Å²) in [7, 11) is 0. The van der Waals surface area contributed by atoms with Crippen LogP contribution in [-0.4, -0.2) is 16.1 Å². The number of amides is 1. The van der Waals surface area contributed by atoms with Gasteiger partial charge in [-0.25, -0.2) is 0 Å². The fraction of sp³-hybridized carbons (Fsp3) is 0.0455. The van der Waals surface area contributed by atoms with E-state index in [9.17, 15) is 4.79 Å². The standard InChI is InChI=1S/C22H16ClN3O2/c1-14-2-4-16(5-3-14)21-25-26-22(28-21)17-8-6-15(7-9-17)20(27)24-19-12-10-18(23)11-13-19/h2-13H,1H3,(H,24,27). The summed E-state index contributed by atoms with van der Waals surface area (Å²) < 4.78 is 5.77. The molecular formula is C22H16ClN3O2. The Balaban J connectivity index is 1.49. The highest BCUT2D eigenvalue weighted by Crippen LogP contribution is 2.24. The van der Waals surface area contributed by atoms with Crippen molar-refractivity contribution in [3.05, 3.63) is 88.9 Å². The summed E-state index contributed by atoms with van der Waals surface area (Å²) in [6, 6.07) is 21.8. The third kappa shape index (κ3) is 3.94. The van der Waals surface area contributed by atoms with E-state index >= 15 is 0 Å². The molecule has 6 heteroatoms. The second kappa shape index (κ2) is 7.66. The van der Waals surface area contributed by atoms with Crippen LogP contribution < -0.4 is 5.32 Å². The molecule has 0 unspecified atom stereocenters. The smallest absolute Gasteiger partial charge is 0.255 e. The number of aryl methyl sites for hydroxylation is 1. The summed E-state index contributed by atoms with van der Waals surface area (Å²) in [5.74, 6) is 0.652. The van der Waals surface area contributed by atoms with Gasteiger partial charge >= 0.3 is 0 Å². The predicted molar refractivity (Wildman–Crippen MR) is 109 cm³/mol. The van der Waals surface area contributed by atoms with Gasteiger partial charge in [-0.3, -0.25) is 4.79 Å². The van der Waals surface area contributed by atoms with Crippen LogP contribution in [0, 0.1) is 6.92 Å². The molecule has 0 aliphatic carbocycles. The highest BCUT2D eigenvalue weighted by Gasteiger charge is 2.12. The van der Waals surface area contributed by atoms with Crippen molar-refractivity contribution in [1.29, 1.82) is 0 Å². The molecular weight excluding hydrogens is 374 g/mol. The van der Waals surface area contributed by atoms with Crippen molar-refractivity contribution >= 4 is 23.2 Å². The number of halogens is 1. The Morgan fingerprint density at radius 3 is 1.93 bits per heavy atom. The maximum absolute atomic E-state index is 12.4. The quantitative estimate of drug-likeness (QED) is 0.492. The van der Waals surface area contributed by atoms with Crippen molar-refractivity contribution in [3.8, 4) is 22.9 Å². The van der Waals surface area contributed by atoms with E-state index in [0.717, 1.165) is 16.7 Å². The van der Waals surface area contributed by atoms with E-state index in [1.54, 1.807) is 48.5 Å². The van der Waals surface area contributed by atoms with Gasteiger partial charge in [0, 0.05) is 27.4 Å². The molecule has 4 aromatic rings. The van der Waals surface area contributed by atoms with Gasteiger partial charge in [0.1, 0.15) is 0 Å². The SMILES string of the molecule is Cc1ccc(-c2nnc(-c3ccc(C(=O)Nc4ccc(Cl)cc4)cc3)o2)cc1. The van der Waals surface area contributed by atoms with E-state index in [2.05, 4.69) is 15.5 Å². The minimum Gasteiger partial charge on any atom is -0.416 e. The molecule has 4 rings (SSSR count). The number of benzene rings is 3. The Morgan fingerprint density at radius 1 is 0.821 bits per heavy atom. The highest BCUT2D eigenvalue weighted by molar-refractivity contribution is 6.30. The van der Waals surface area contributed by atoms with Crippen molar-refractivity contribution in [1.82, 2.24) is 10.2 Å². The molecule has 3 aromatic carbocycles. The lowest BCUT2D eigenvalue weighted by atomic mass is 10.1. The fourth-order valence-corrected chi connectivity index (χ4v) is 2.78. The zero-order valence-electron chi connectivity index (χ0n) is 15.0. The van der Waals surface area contributed by atoms with E-state index in [0.29, 0.717) is 28.1 Å². The fourth-order valence-electron chi connectivity index (χ4n) is 2.65. The molecule has 0 spiro atoms. The van der Waals surface area contributed by atoms with Gasteiger partial charge in [0.2, 0.25) is 11.8 Å². The molecule has 0 aliphatic rings. The zero-order valence-corrected chi connectivity index (χ0v) is 15.8. The number of anilines is 1. The van der Waals surface area contributed by atoms with Crippen molar-refractivity contribution in [2.45, 2.75) is 6.92 Å². The van der Waals surface area contributed by atoms with Crippen LogP contribution in [0.15, 0.2) is 77.2 Å². The second-order valence-corrected chi connectivity index (χ2v) is 6.75. The first-order valence-corrected chi connectivity index (χ1v) is 9.04. The number of nitrogens with one attached hydrogen (secondary N) is 1. The largest absolute Gasteiger partial charge is 0.416 e. The molecule has 0 saturated carbocycles. The van der Waals surface area contributed by atoms with E-state index in [4.69, 9.17) is 16.0 Å². The molecule has 0 atom stereocenters. The lowest BCUT2D eigenvalue weighted by molar-refractivity contribution is 0.102. The molecule has 0 bridgehead atoms. The van der Waals surface area contributed by atoms with E-state index in [1.807, 2.05) is 31.2 Å². The Bertz CT molecular complexity index is 1100. The number of carbonyl (C=O) groups excluding carboxylic acids is 1. The molecule has 0 aliphatic heterocycles. The third-order valence-corrected chi connectivity index (χ3v) is 4.47. The molecule has 0 radical (unpaired) electrons. The monoisotopic (exact) mass is 389 g/mol. The number of nitrogens with zero attached hydrogens (tertiary/aromatic N) is 2. The molecule has 1 heterocycles. The number of aromatic nitrogens is 2. The van der Waals surface area contributed by atoms with Gasteiger partial charge in [-0.15, -0.1) is 10.2 Å². The van der Waals surface area contributed by atoms with Gasteiger partial charge < -0.3 is 9.73 Å². The van der Waals surface area contributed by atoms with Crippen LogP contribution in [0.2, 0.25) is 5.02 Å². The van der Waals surface area contributed by atoms with Crippen LogP contribution >= 0.6 is 11.6 Å². The molecule has 0 fully saturated rings. The Labute approximate surface area is 167 Å². The van der Waals surface area contributed by atoms with Gasteiger partial charge in [-0.1, -0.05) is 29.3 Å². The van der Waals surface area contributed by atoms with Crippen LogP contribution in [0.1, 0.15) is 15.9 Å². The maximum atomic E-state index is 12.4. The number of hydrogen-bond donors (Lipinski definition) is 1. The topological polar surface area (TPSA) is 68.0 Å². The van der Waals surface area contributed by atoms with Crippen molar-refractivity contribution in [3.63, 3.8) is 0 Å². The zero-order chi connectivity index (χ0) is 19.5. The molecule has 1 amide bonds. The van der Waals surface area contributed by atoms with Gasteiger partial charge in [0.25, 0.3) is 5.91 Å². The summed E-state index contributed by atoms with van der Waals surface area (Å²) in [6.07, 6.45) is 0. The first-order chi connectivity index (χ1) is 13.6. The summed E-state index contributed by atoms with van der Waals surface area (Å²) in [5, 5.41) is 11.7. The first kappa shape index (κ1) is 17.9. The molecule has 1 aromatic heterocycles. The van der Waals surface area contributed by atoms with Gasteiger partial charge in [-0.2, -0.15) is 0 Å².